The summed E-state index contributed by atoms with van der Waals surface area (Å²) in [7, 11) is 0. The summed E-state index contributed by atoms with van der Waals surface area (Å²) in [6, 6.07) is 15.4. The fourth-order valence-corrected chi connectivity index (χ4v) is 4.44. The van der Waals surface area contributed by atoms with Gasteiger partial charge in [0.15, 0.2) is 0 Å². The molecule has 10 heteroatoms. The smallest absolute Gasteiger partial charge is 0.384 e. The average Bonchev–Trinajstić information content (AvgIpc) is 3.31. The van der Waals surface area contributed by atoms with Gasteiger partial charge in [0, 0.05) is 24.0 Å². The highest BCUT2D eigenvalue weighted by Crippen LogP contribution is 2.32. The molecule has 1 atom stereocenters. The van der Waals surface area contributed by atoms with Crippen LogP contribution in [0.4, 0.5) is 18.9 Å². The number of rotatable bonds is 11. The highest BCUT2D eigenvalue weighted by atomic mass is 35.5. The first-order valence-corrected chi connectivity index (χ1v) is 13.0. The second-order valence-electron chi connectivity index (χ2n) is 9.20. The Morgan fingerprint density at radius 1 is 1.03 bits per heavy atom. The SMILES string of the molecule is Cc1c(C(=O)NC(CCCCCNc2cccnc2)c2cccc(C(F)(F)F)c2)cnn1-c1ccc(Cl)cc1. The van der Waals surface area contributed by atoms with E-state index in [9.17, 15) is 18.0 Å². The number of benzene rings is 2. The van der Waals surface area contributed by atoms with Crippen LogP contribution in [0.5, 0.6) is 0 Å². The Labute approximate surface area is 230 Å². The molecule has 6 nitrogen and oxygen atoms in total. The molecule has 0 fully saturated rings. The summed E-state index contributed by atoms with van der Waals surface area (Å²) in [4.78, 5) is 17.4. The number of hydrogen-bond acceptors (Lipinski definition) is 4. The lowest BCUT2D eigenvalue weighted by Gasteiger charge is -2.21. The molecule has 0 radical (unpaired) electrons. The third-order valence-electron chi connectivity index (χ3n) is 6.41. The zero-order valence-electron chi connectivity index (χ0n) is 21.4. The highest BCUT2D eigenvalue weighted by Gasteiger charge is 2.31. The van der Waals surface area contributed by atoms with E-state index in [1.807, 2.05) is 12.1 Å². The van der Waals surface area contributed by atoms with Gasteiger partial charge in [-0.25, -0.2) is 4.68 Å². The Balaban J connectivity index is 1.45. The maximum atomic E-state index is 13.4. The van der Waals surface area contributed by atoms with Gasteiger partial charge in [0.05, 0.1) is 40.4 Å². The van der Waals surface area contributed by atoms with Crippen molar-refractivity contribution in [3.63, 3.8) is 0 Å². The van der Waals surface area contributed by atoms with Crippen LogP contribution in [0.2, 0.25) is 5.02 Å². The summed E-state index contributed by atoms with van der Waals surface area (Å²) >= 11 is 5.98. The molecule has 0 saturated carbocycles. The van der Waals surface area contributed by atoms with Crippen LogP contribution in [0.3, 0.4) is 0 Å². The number of anilines is 1. The van der Waals surface area contributed by atoms with Gasteiger partial charge in [0.2, 0.25) is 0 Å². The molecule has 1 unspecified atom stereocenters. The Morgan fingerprint density at radius 2 is 1.82 bits per heavy atom. The number of carbonyl (C=O) groups is 1. The van der Waals surface area contributed by atoms with Crippen molar-refractivity contribution in [2.75, 3.05) is 11.9 Å². The van der Waals surface area contributed by atoms with Crippen LogP contribution >= 0.6 is 11.6 Å². The molecule has 4 rings (SSSR count). The van der Waals surface area contributed by atoms with E-state index < -0.39 is 23.7 Å². The van der Waals surface area contributed by atoms with E-state index in [0.717, 1.165) is 49.3 Å². The number of unbranched alkanes of at least 4 members (excludes halogenated alkanes) is 2. The van der Waals surface area contributed by atoms with Gasteiger partial charge in [0.1, 0.15) is 0 Å². The van der Waals surface area contributed by atoms with Crippen molar-refractivity contribution in [3.8, 4) is 5.69 Å². The molecule has 2 aromatic carbocycles. The van der Waals surface area contributed by atoms with E-state index >= 15 is 0 Å². The standard InChI is InChI=1S/C29H29ClF3N5O/c1-20-26(19-36-38(20)25-13-11-23(30)12-14-25)28(39)37-27(21-7-5-8-22(17-21)29(31,32)33)10-3-2-4-16-35-24-9-6-15-34-18-24/h5-9,11-15,17-19,27,35H,2-4,10,16H2,1H3,(H,37,39). The lowest BCUT2D eigenvalue weighted by Crippen LogP contribution is -2.29. The van der Waals surface area contributed by atoms with Crippen LogP contribution < -0.4 is 10.6 Å². The van der Waals surface area contributed by atoms with Crippen molar-refractivity contribution in [2.24, 2.45) is 0 Å². The first-order valence-electron chi connectivity index (χ1n) is 12.6. The number of carbonyl (C=O) groups excluding carboxylic acids is 1. The molecule has 0 bridgehead atoms. The number of nitrogens with zero attached hydrogens (tertiary/aromatic N) is 3. The number of nitrogens with one attached hydrogen (secondary N) is 2. The molecule has 4 aromatic rings. The van der Waals surface area contributed by atoms with Gasteiger partial charge in [-0.15, -0.1) is 0 Å². The molecule has 2 heterocycles. The zero-order valence-corrected chi connectivity index (χ0v) is 22.1. The number of halogens is 4. The molecule has 0 spiro atoms. The number of alkyl halides is 3. The Hall–Kier alpha value is -3.85. The van der Waals surface area contributed by atoms with Crippen LogP contribution in [-0.2, 0) is 6.18 Å². The fraction of sp³-hybridized carbons (Fsp3) is 0.276. The largest absolute Gasteiger partial charge is 0.416 e. The molecule has 0 aliphatic carbocycles. The van der Waals surface area contributed by atoms with Gasteiger partial charge >= 0.3 is 6.18 Å². The van der Waals surface area contributed by atoms with E-state index in [0.29, 0.717) is 28.3 Å². The van der Waals surface area contributed by atoms with Crippen LogP contribution in [0, 0.1) is 6.92 Å². The van der Waals surface area contributed by atoms with Gasteiger partial charge in [-0.3, -0.25) is 9.78 Å². The van der Waals surface area contributed by atoms with E-state index in [-0.39, 0.29) is 0 Å². The molecule has 2 aromatic heterocycles. The topological polar surface area (TPSA) is 71.8 Å². The maximum Gasteiger partial charge on any atom is 0.416 e. The number of hydrogen-bond donors (Lipinski definition) is 2. The van der Waals surface area contributed by atoms with Gasteiger partial charge in [-0.2, -0.15) is 18.3 Å². The van der Waals surface area contributed by atoms with E-state index in [1.54, 1.807) is 54.3 Å². The zero-order chi connectivity index (χ0) is 27.8. The predicted molar refractivity (Wildman–Crippen MR) is 146 cm³/mol. The van der Waals surface area contributed by atoms with Crippen LogP contribution in [0.25, 0.3) is 5.69 Å². The van der Waals surface area contributed by atoms with Crippen LogP contribution in [0.15, 0.2) is 79.3 Å². The summed E-state index contributed by atoms with van der Waals surface area (Å²) in [5.74, 6) is -0.395. The van der Waals surface area contributed by atoms with Crippen LogP contribution in [0.1, 0.15) is 58.9 Å². The summed E-state index contributed by atoms with van der Waals surface area (Å²) in [5.41, 5.74) is 2.30. The van der Waals surface area contributed by atoms with Gasteiger partial charge in [0.25, 0.3) is 5.91 Å². The van der Waals surface area contributed by atoms with Crippen molar-refractivity contribution in [1.82, 2.24) is 20.1 Å². The monoisotopic (exact) mass is 555 g/mol. The maximum absolute atomic E-state index is 13.4. The van der Waals surface area contributed by atoms with Crippen molar-refractivity contribution in [3.05, 3.63) is 107 Å². The molecular weight excluding hydrogens is 527 g/mol. The molecule has 204 valence electrons. The van der Waals surface area contributed by atoms with E-state index in [4.69, 9.17) is 11.6 Å². The molecule has 1 amide bonds. The first kappa shape index (κ1) is 28.2. The normalized spacial score (nSPS) is 12.2. The summed E-state index contributed by atoms with van der Waals surface area (Å²) in [6.45, 7) is 2.51. The molecular formula is C29H29ClF3N5O. The Bertz CT molecular complexity index is 1370. The van der Waals surface area contributed by atoms with Gasteiger partial charge in [-0.1, -0.05) is 36.6 Å². The van der Waals surface area contributed by atoms with Crippen molar-refractivity contribution in [1.29, 1.82) is 0 Å². The summed E-state index contributed by atoms with van der Waals surface area (Å²) in [5, 5.41) is 11.2. The average molecular weight is 556 g/mol. The quantitative estimate of drug-likeness (QED) is 0.189. The lowest BCUT2D eigenvalue weighted by molar-refractivity contribution is -0.137. The minimum Gasteiger partial charge on any atom is -0.384 e. The minimum atomic E-state index is -4.47. The van der Waals surface area contributed by atoms with Crippen LogP contribution in [-0.4, -0.2) is 27.2 Å². The number of amides is 1. The molecule has 0 aliphatic rings. The van der Waals surface area contributed by atoms with Gasteiger partial charge < -0.3 is 10.6 Å². The summed E-state index contributed by atoms with van der Waals surface area (Å²) in [6.07, 6.45) is 3.36. The van der Waals surface area contributed by atoms with Crippen molar-refractivity contribution >= 4 is 23.2 Å². The summed E-state index contributed by atoms with van der Waals surface area (Å²) < 4.78 is 41.9. The second kappa shape index (κ2) is 12.8. The predicted octanol–water partition coefficient (Wildman–Crippen LogP) is 7.39. The Morgan fingerprint density at radius 3 is 2.54 bits per heavy atom. The van der Waals surface area contributed by atoms with E-state index in [1.165, 1.54) is 12.3 Å². The number of aromatic nitrogens is 3. The second-order valence-corrected chi connectivity index (χ2v) is 9.64. The third kappa shape index (κ3) is 7.60. The van der Waals surface area contributed by atoms with Crippen molar-refractivity contribution < 1.29 is 18.0 Å². The van der Waals surface area contributed by atoms with Crippen molar-refractivity contribution in [2.45, 2.75) is 44.8 Å². The van der Waals surface area contributed by atoms with E-state index in [2.05, 4.69) is 20.7 Å². The molecule has 0 saturated heterocycles. The van der Waals surface area contributed by atoms with Gasteiger partial charge in [-0.05, 0) is 73.9 Å². The molecule has 2 N–H and O–H groups in total. The first-order chi connectivity index (χ1) is 18.7. The fourth-order valence-electron chi connectivity index (χ4n) is 4.32. The number of pyridine rings is 1. The lowest BCUT2D eigenvalue weighted by atomic mass is 9.98. The molecule has 0 aliphatic heterocycles. The molecule has 39 heavy (non-hydrogen) atoms. The third-order valence-corrected chi connectivity index (χ3v) is 6.66. The Kier molecular flexibility index (Phi) is 9.24. The minimum absolute atomic E-state index is 0.350. The highest BCUT2D eigenvalue weighted by molar-refractivity contribution is 6.30.